The Bertz CT molecular complexity index is 222. The van der Waals surface area contributed by atoms with Crippen molar-refractivity contribution < 1.29 is 44.7 Å². The van der Waals surface area contributed by atoms with E-state index in [0.29, 0.717) is 0 Å². The van der Waals surface area contributed by atoms with Gasteiger partial charge in [0.1, 0.15) is 0 Å². The van der Waals surface area contributed by atoms with E-state index in [2.05, 4.69) is 0 Å². The minimum Gasteiger partial charge on any atom is 0 e. The molecule has 0 saturated carbocycles. The standard InChI is InChI=1S/C7H10FGe.3C2H6O.Hf/c1-9(2,8)7-5-3-4-6-7;3*1-2-3;/h3-6H,1-2H3;3*3H,2H2,1H3;/q-1;;;;. The first-order valence-electron chi connectivity index (χ1n) is 6.09. The van der Waals surface area contributed by atoms with E-state index in [1.54, 1.807) is 32.3 Å². The average molecular weight is 502 g/mol. The monoisotopic (exact) mass is 505 g/mol. The van der Waals surface area contributed by atoms with Crippen molar-refractivity contribution in [3.8, 4) is 0 Å². The van der Waals surface area contributed by atoms with Gasteiger partial charge in [-0.15, -0.1) is 0 Å². The molecule has 0 aromatic heterocycles. The minimum atomic E-state index is -2.94. The van der Waals surface area contributed by atoms with Crippen LogP contribution in [0.5, 0.6) is 0 Å². The second-order valence-electron chi connectivity index (χ2n) is 3.59. The second kappa shape index (κ2) is 20.9. The molecule has 1 aromatic carbocycles. The summed E-state index contributed by atoms with van der Waals surface area (Å²) in [4.78, 5) is 0. The largest absolute Gasteiger partial charge is 0 e. The summed E-state index contributed by atoms with van der Waals surface area (Å²) in [6, 6.07) is 7.53. The van der Waals surface area contributed by atoms with Crippen LogP contribution in [0.2, 0.25) is 11.5 Å². The van der Waals surface area contributed by atoms with E-state index in [1.165, 1.54) is 0 Å². The van der Waals surface area contributed by atoms with Crippen molar-refractivity contribution in [3.63, 3.8) is 0 Å². The molecule has 0 radical (unpaired) electrons. The molecule has 6 heteroatoms. The van der Waals surface area contributed by atoms with Gasteiger partial charge < -0.3 is 15.3 Å². The molecular formula is C13H28FGeHfO3-. The maximum absolute atomic E-state index is 13.1. The number of hydrogen-bond acceptors (Lipinski definition) is 3. The fourth-order valence-corrected chi connectivity index (χ4v) is 2.84. The molecule has 0 fully saturated rings. The Morgan fingerprint density at radius 1 is 0.895 bits per heavy atom. The van der Waals surface area contributed by atoms with Gasteiger partial charge in [0.05, 0.1) is 0 Å². The second-order valence-corrected chi connectivity index (χ2v) is 11.0. The quantitative estimate of drug-likeness (QED) is 0.406. The zero-order valence-corrected chi connectivity index (χ0v) is 18.3. The normalized spacial score (nSPS) is 8.47. The van der Waals surface area contributed by atoms with Crippen molar-refractivity contribution in [2.24, 2.45) is 0 Å². The van der Waals surface area contributed by atoms with Crippen LogP contribution in [0.1, 0.15) is 20.8 Å². The fraction of sp³-hybridized carbons (Fsp3) is 0.615. The Hall–Kier alpha value is 0.573. The Balaban J connectivity index is -0.0000000956. The van der Waals surface area contributed by atoms with E-state index < -0.39 is 13.7 Å². The molecular weight excluding hydrogens is 474 g/mol. The van der Waals surface area contributed by atoms with Crippen molar-refractivity contribution in [3.05, 3.63) is 24.3 Å². The summed E-state index contributed by atoms with van der Waals surface area (Å²) in [5.74, 6) is 3.49. The molecule has 19 heavy (non-hydrogen) atoms. The molecule has 0 unspecified atom stereocenters. The molecule has 0 heterocycles. The average Bonchev–Trinajstić information content (AvgIpc) is 2.72. The molecule has 3 N–H and O–H groups in total. The predicted molar refractivity (Wildman–Crippen MR) is 78.5 cm³/mol. The molecule has 1 aromatic rings. The zero-order valence-electron chi connectivity index (χ0n) is 12.7. The Morgan fingerprint density at radius 2 is 1.11 bits per heavy atom. The minimum absolute atomic E-state index is 0. The maximum Gasteiger partial charge on any atom is 0 e. The van der Waals surface area contributed by atoms with Gasteiger partial charge in [-0.05, 0) is 20.8 Å². The summed E-state index contributed by atoms with van der Waals surface area (Å²) in [6.45, 7) is 5.79. The number of halogens is 1. The van der Waals surface area contributed by atoms with Gasteiger partial charge in [0.25, 0.3) is 0 Å². The van der Waals surface area contributed by atoms with Crippen LogP contribution < -0.4 is 4.40 Å². The van der Waals surface area contributed by atoms with Crippen LogP contribution in [0.4, 0.5) is 3.50 Å². The molecule has 0 bridgehead atoms. The van der Waals surface area contributed by atoms with E-state index in [-0.39, 0.29) is 45.7 Å². The van der Waals surface area contributed by atoms with Gasteiger partial charge >= 0.3 is 57.4 Å². The SMILES string of the molecule is CCO.CCO.CCO.[CH3][Ge]([CH3])([F])[c-]1cccc1.[Hf]. The van der Waals surface area contributed by atoms with E-state index >= 15 is 0 Å². The topological polar surface area (TPSA) is 60.7 Å². The first kappa shape index (κ1) is 27.8. The maximum atomic E-state index is 13.1. The number of rotatable bonds is 1. The first-order chi connectivity index (χ1) is 8.35. The summed E-state index contributed by atoms with van der Waals surface area (Å²) in [5, 5.41) is 22.7. The van der Waals surface area contributed by atoms with Gasteiger partial charge in [-0.3, -0.25) is 0 Å². The van der Waals surface area contributed by atoms with Gasteiger partial charge in [-0.2, -0.15) is 0 Å². The summed E-state index contributed by atoms with van der Waals surface area (Å²) in [5.41, 5.74) is 0. The molecule has 0 saturated heterocycles. The molecule has 3 nitrogen and oxygen atoms in total. The van der Waals surface area contributed by atoms with E-state index in [0.717, 1.165) is 4.40 Å². The van der Waals surface area contributed by atoms with Crippen LogP contribution >= 0.6 is 0 Å². The summed E-state index contributed by atoms with van der Waals surface area (Å²) >= 11 is -2.94. The van der Waals surface area contributed by atoms with Crippen molar-refractivity contribution in [1.82, 2.24) is 0 Å². The number of aliphatic hydroxyl groups is 3. The smallest absolute Gasteiger partial charge is 0 e. The van der Waals surface area contributed by atoms with E-state index in [4.69, 9.17) is 15.3 Å². The molecule has 0 spiro atoms. The van der Waals surface area contributed by atoms with Gasteiger partial charge in [0, 0.05) is 45.7 Å². The van der Waals surface area contributed by atoms with Gasteiger partial charge in [0.2, 0.25) is 0 Å². The molecule has 0 aliphatic rings. The van der Waals surface area contributed by atoms with E-state index in [1.807, 2.05) is 24.3 Å². The Morgan fingerprint density at radius 3 is 1.21 bits per heavy atom. The van der Waals surface area contributed by atoms with Crippen LogP contribution in [0.25, 0.3) is 0 Å². The van der Waals surface area contributed by atoms with E-state index in [9.17, 15) is 3.50 Å². The molecule has 114 valence electrons. The van der Waals surface area contributed by atoms with Crippen molar-refractivity contribution in [2.45, 2.75) is 32.3 Å². The molecule has 1 rings (SSSR count). The number of aliphatic hydroxyl groups excluding tert-OH is 3. The predicted octanol–water partition coefficient (Wildman–Crippen LogP) is 1.78. The fourth-order valence-electron chi connectivity index (χ4n) is 0.770. The van der Waals surface area contributed by atoms with Crippen molar-refractivity contribution in [2.75, 3.05) is 19.8 Å². The molecule has 0 aliphatic heterocycles. The first-order valence-corrected chi connectivity index (χ1v) is 12.1. The third-order valence-corrected chi connectivity index (χ3v) is 4.93. The third-order valence-electron chi connectivity index (χ3n) is 1.35. The summed E-state index contributed by atoms with van der Waals surface area (Å²) < 4.78 is 14.1. The van der Waals surface area contributed by atoms with Crippen LogP contribution in [0, 0.1) is 0 Å². The Kier molecular flexibility index (Phi) is 30.6. The number of hydrogen-bond donors (Lipinski definition) is 3. The van der Waals surface area contributed by atoms with Crippen LogP contribution in [0.15, 0.2) is 24.3 Å². The van der Waals surface area contributed by atoms with Crippen molar-refractivity contribution in [1.29, 1.82) is 0 Å². The zero-order chi connectivity index (χ0) is 15.0. The molecule has 0 aliphatic carbocycles. The van der Waals surface area contributed by atoms with Gasteiger partial charge in [0.15, 0.2) is 0 Å². The van der Waals surface area contributed by atoms with Crippen LogP contribution in [0.3, 0.4) is 0 Å². The Labute approximate surface area is 138 Å². The van der Waals surface area contributed by atoms with Gasteiger partial charge in [-0.25, -0.2) is 0 Å². The molecule has 0 amide bonds. The summed E-state index contributed by atoms with van der Waals surface area (Å²) in [7, 11) is 0. The van der Waals surface area contributed by atoms with Crippen LogP contribution in [-0.4, -0.2) is 48.9 Å². The van der Waals surface area contributed by atoms with Gasteiger partial charge in [-0.1, -0.05) is 0 Å². The van der Waals surface area contributed by atoms with Crippen LogP contribution in [-0.2, 0) is 25.8 Å². The summed E-state index contributed by atoms with van der Waals surface area (Å²) in [6.07, 6.45) is 0. The van der Waals surface area contributed by atoms with Crippen molar-refractivity contribution >= 4 is 18.1 Å². The molecule has 0 atom stereocenters. The third kappa shape index (κ3) is 27.7.